The molecule has 0 spiro atoms. The van der Waals surface area contributed by atoms with Gasteiger partial charge in [-0.3, -0.25) is 0 Å². The third kappa shape index (κ3) is 1.56. The Morgan fingerprint density at radius 3 is 1.61 bits per heavy atom. The molecule has 0 amide bonds. The minimum atomic E-state index is 0.804. The summed E-state index contributed by atoms with van der Waals surface area (Å²) in [5.74, 6) is 0. The largest absolute Gasteiger partial charge is 0.398 e. The van der Waals surface area contributed by atoms with Crippen molar-refractivity contribution < 1.29 is 4.98 Å². The van der Waals surface area contributed by atoms with Crippen LogP contribution in [0.15, 0.2) is 30.3 Å². The van der Waals surface area contributed by atoms with E-state index in [-0.39, 0.29) is 0 Å². The van der Waals surface area contributed by atoms with E-state index in [1.807, 2.05) is 26.0 Å². The summed E-state index contributed by atoms with van der Waals surface area (Å²) in [4.78, 5) is 3.39. The van der Waals surface area contributed by atoms with Crippen LogP contribution in [0, 0.1) is 13.8 Å². The minimum absolute atomic E-state index is 0.804. The molecule has 0 saturated carbocycles. The van der Waals surface area contributed by atoms with Crippen molar-refractivity contribution >= 4 is 33.2 Å². The molecule has 0 aliphatic rings. The second-order valence-corrected chi connectivity index (χ2v) is 4.86. The molecule has 90 valence electrons. The number of hydrogen-bond acceptors (Lipinski definition) is 2. The van der Waals surface area contributed by atoms with Crippen LogP contribution in [0.5, 0.6) is 0 Å². The zero-order valence-corrected chi connectivity index (χ0v) is 10.5. The zero-order chi connectivity index (χ0) is 12.9. The number of anilines is 2. The highest BCUT2D eigenvalue weighted by Gasteiger charge is 2.09. The number of hydrogen-bond donors (Lipinski definition) is 2. The van der Waals surface area contributed by atoms with Crippen molar-refractivity contribution in [2.24, 2.45) is 0 Å². The van der Waals surface area contributed by atoms with E-state index >= 15 is 0 Å². The molecule has 0 bridgehead atoms. The number of nitrogens with one attached hydrogen (secondary N) is 1. The highest BCUT2D eigenvalue weighted by Crippen LogP contribution is 2.24. The molecule has 0 saturated heterocycles. The summed E-state index contributed by atoms with van der Waals surface area (Å²) in [6.45, 7) is 4.04. The van der Waals surface area contributed by atoms with E-state index in [9.17, 15) is 0 Å². The fourth-order valence-electron chi connectivity index (χ4n) is 2.26. The minimum Gasteiger partial charge on any atom is -0.398 e. The Morgan fingerprint density at radius 2 is 1.17 bits per heavy atom. The third-order valence-corrected chi connectivity index (χ3v) is 3.46. The van der Waals surface area contributed by atoms with Crippen molar-refractivity contribution in [1.29, 1.82) is 0 Å². The number of benzene rings is 2. The maximum atomic E-state index is 5.94. The van der Waals surface area contributed by atoms with Crippen molar-refractivity contribution in [2.75, 3.05) is 11.5 Å². The average molecular weight is 238 g/mol. The van der Waals surface area contributed by atoms with Crippen LogP contribution in [-0.4, -0.2) is 0 Å². The van der Waals surface area contributed by atoms with Crippen LogP contribution in [0.2, 0.25) is 0 Å². The normalized spacial score (nSPS) is 11.2. The summed E-state index contributed by atoms with van der Waals surface area (Å²) in [5, 5.41) is 2.33. The molecule has 2 aromatic carbocycles. The lowest BCUT2D eigenvalue weighted by Gasteiger charge is -2.03. The molecule has 0 fully saturated rings. The van der Waals surface area contributed by atoms with Gasteiger partial charge in [0.25, 0.3) is 0 Å². The van der Waals surface area contributed by atoms with Crippen LogP contribution in [0.1, 0.15) is 11.1 Å². The smallest absolute Gasteiger partial charge is 0.213 e. The van der Waals surface area contributed by atoms with E-state index in [0.29, 0.717) is 0 Å². The van der Waals surface area contributed by atoms with Crippen LogP contribution >= 0.6 is 0 Å². The molecule has 3 rings (SSSR count). The summed E-state index contributed by atoms with van der Waals surface area (Å²) >= 11 is 0. The molecule has 0 aliphatic heterocycles. The first-order chi connectivity index (χ1) is 8.54. The molecule has 18 heavy (non-hydrogen) atoms. The number of nitrogens with two attached hydrogens (primary N) is 2. The summed E-state index contributed by atoms with van der Waals surface area (Å²) in [6, 6.07) is 10.3. The number of aromatic amines is 1. The molecule has 0 aliphatic carbocycles. The number of aromatic nitrogens is 1. The predicted octanol–water partition coefficient (Wildman–Crippen LogP) is 2.59. The van der Waals surface area contributed by atoms with Gasteiger partial charge in [-0.2, -0.15) is 0 Å². The lowest BCUT2D eigenvalue weighted by atomic mass is 10.1. The van der Waals surface area contributed by atoms with Gasteiger partial charge < -0.3 is 11.5 Å². The molecule has 0 radical (unpaired) electrons. The Kier molecular flexibility index (Phi) is 2.17. The standard InChI is InChI=1S/C15H15N3/c1-8-3-10-5-11-4-9(2)13(17)7-15(11)18-14(10)6-12(8)16/h3-7H,16-17H2,1-2H3/p+1. The topological polar surface area (TPSA) is 66.2 Å². The van der Waals surface area contributed by atoms with E-state index in [1.54, 1.807) is 0 Å². The maximum Gasteiger partial charge on any atom is 0.213 e. The molecule has 3 heteroatoms. The highest BCUT2D eigenvalue weighted by molar-refractivity contribution is 5.92. The summed E-state index contributed by atoms with van der Waals surface area (Å²) in [5.41, 5.74) is 17.8. The Bertz CT molecular complexity index is 647. The average Bonchev–Trinajstić information content (AvgIpc) is 2.31. The van der Waals surface area contributed by atoms with Crippen LogP contribution < -0.4 is 16.5 Å². The lowest BCUT2D eigenvalue weighted by Crippen LogP contribution is -2.07. The van der Waals surface area contributed by atoms with Crippen molar-refractivity contribution in [3.8, 4) is 0 Å². The highest BCUT2D eigenvalue weighted by atomic mass is 14.7. The Hall–Kier alpha value is -2.29. The quantitative estimate of drug-likeness (QED) is 0.467. The van der Waals surface area contributed by atoms with Gasteiger partial charge in [-0.1, -0.05) is 0 Å². The van der Waals surface area contributed by atoms with Gasteiger partial charge in [-0.25, -0.2) is 4.98 Å². The number of H-pyrrole nitrogens is 1. The Labute approximate surface area is 105 Å². The van der Waals surface area contributed by atoms with Gasteiger partial charge in [-0.05, 0) is 43.2 Å². The van der Waals surface area contributed by atoms with E-state index in [2.05, 4.69) is 23.2 Å². The van der Waals surface area contributed by atoms with E-state index in [1.165, 1.54) is 10.8 Å². The fraction of sp³-hybridized carbons (Fsp3) is 0.133. The summed E-state index contributed by atoms with van der Waals surface area (Å²) in [7, 11) is 0. The van der Waals surface area contributed by atoms with Gasteiger partial charge in [-0.15, -0.1) is 0 Å². The SMILES string of the molecule is Cc1cc2cc3cc(C)c(N)cc3[nH+]c2cc1N. The lowest BCUT2D eigenvalue weighted by molar-refractivity contribution is -0.310. The van der Waals surface area contributed by atoms with Gasteiger partial charge >= 0.3 is 0 Å². The first-order valence-electron chi connectivity index (χ1n) is 5.96. The van der Waals surface area contributed by atoms with Crippen molar-refractivity contribution in [2.45, 2.75) is 13.8 Å². The van der Waals surface area contributed by atoms with Gasteiger partial charge in [0.2, 0.25) is 11.0 Å². The second-order valence-electron chi connectivity index (χ2n) is 4.86. The van der Waals surface area contributed by atoms with Gasteiger partial charge in [0, 0.05) is 34.3 Å². The maximum absolute atomic E-state index is 5.94. The first-order valence-corrected chi connectivity index (χ1v) is 5.96. The molecule has 1 aromatic heterocycles. The molecule has 1 heterocycles. The van der Waals surface area contributed by atoms with Crippen LogP contribution in [0.25, 0.3) is 21.8 Å². The van der Waals surface area contributed by atoms with Crippen molar-refractivity contribution in [1.82, 2.24) is 0 Å². The Balaban J connectivity index is 2.43. The zero-order valence-electron chi connectivity index (χ0n) is 10.5. The monoisotopic (exact) mass is 238 g/mol. The van der Waals surface area contributed by atoms with E-state index in [4.69, 9.17) is 11.5 Å². The van der Waals surface area contributed by atoms with Crippen LogP contribution in [0.4, 0.5) is 11.4 Å². The summed E-state index contributed by atoms with van der Waals surface area (Å²) in [6.07, 6.45) is 0. The molecule has 0 atom stereocenters. The molecule has 3 nitrogen and oxygen atoms in total. The fourth-order valence-corrected chi connectivity index (χ4v) is 2.26. The molecular formula is C15H16N3+. The second kappa shape index (κ2) is 3.60. The number of fused-ring (bicyclic) bond motifs is 2. The van der Waals surface area contributed by atoms with Gasteiger partial charge in [0.05, 0.1) is 0 Å². The summed E-state index contributed by atoms with van der Waals surface area (Å²) < 4.78 is 0. The van der Waals surface area contributed by atoms with Gasteiger partial charge in [0.1, 0.15) is 0 Å². The molecular weight excluding hydrogens is 222 g/mol. The van der Waals surface area contributed by atoms with Crippen LogP contribution in [-0.2, 0) is 0 Å². The number of aryl methyl sites for hydroxylation is 2. The van der Waals surface area contributed by atoms with Crippen LogP contribution in [0.3, 0.4) is 0 Å². The van der Waals surface area contributed by atoms with Gasteiger partial charge in [0.15, 0.2) is 0 Å². The predicted molar refractivity (Wildman–Crippen MR) is 76.3 cm³/mol. The first kappa shape index (κ1) is 10.8. The molecule has 5 N–H and O–H groups in total. The van der Waals surface area contributed by atoms with E-state index in [0.717, 1.165) is 33.5 Å². The third-order valence-electron chi connectivity index (χ3n) is 3.46. The van der Waals surface area contributed by atoms with Crippen molar-refractivity contribution in [3.63, 3.8) is 0 Å². The van der Waals surface area contributed by atoms with Crippen molar-refractivity contribution in [3.05, 3.63) is 41.5 Å². The Morgan fingerprint density at radius 1 is 0.722 bits per heavy atom. The number of pyridine rings is 1. The van der Waals surface area contributed by atoms with E-state index < -0.39 is 0 Å². The molecule has 0 unspecified atom stereocenters. The number of nitrogen functional groups attached to an aromatic ring is 2. The molecule has 3 aromatic rings. The number of rotatable bonds is 0.